The van der Waals surface area contributed by atoms with Crippen molar-refractivity contribution in [1.82, 2.24) is 9.97 Å². The van der Waals surface area contributed by atoms with Crippen LogP contribution >= 0.6 is 11.6 Å². The third-order valence-corrected chi connectivity index (χ3v) is 3.26. The minimum Gasteiger partial charge on any atom is -0.395 e. The molecular weight excluding hydrogens is 262 g/mol. The quantitative estimate of drug-likeness (QED) is 0.853. The maximum absolute atomic E-state index is 9.22. The van der Waals surface area contributed by atoms with Crippen molar-refractivity contribution in [2.45, 2.75) is 13.5 Å². The van der Waals surface area contributed by atoms with Crippen molar-refractivity contribution in [1.29, 1.82) is 0 Å². The molecule has 0 amide bonds. The number of nitrogens with zero attached hydrogens (tertiary/aromatic N) is 3. The molecule has 0 radical (unpaired) electrons. The third kappa shape index (κ3) is 3.43. The van der Waals surface area contributed by atoms with Crippen LogP contribution in [-0.2, 0) is 6.54 Å². The molecule has 0 fully saturated rings. The zero-order valence-electron chi connectivity index (χ0n) is 10.8. The molecule has 100 valence electrons. The van der Waals surface area contributed by atoms with E-state index in [1.165, 1.54) is 6.33 Å². The standard InChI is InChI=1S/C14H16ClN3O/c1-11-13(15)16-10-17-14(11)18(7-8-19)9-12-5-3-2-4-6-12/h2-6,10,19H,7-9H2,1H3. The third-order valence-electron chi connectivity index (χ3n) is 2.88. The van der Waals surface area contributed by atoms with Gasteiger partial charge in [-0.05, 0) is 12.5 Å². The molecule has 19 heavy (non-hydrogen) atoms. The number of anilines is 1. The molecule has 0 aliphatic heterocycles. The number of aliphatic hydroxyl groups is 1. The van der Waals surface area contributed by atoms with Gasteiger partial charge in [0, 0.05) is 18.7 Å². The van der Waals surface area contributed by atoms with Gasteiger partial charge in [-0.2, -0.15) is 0 Å². The Morgan fingerprint density at radius 2 is 1.95 bits per heavy atom. The molecule has 0 bridgehead atoms. The zero-order valence-corrected chi connectivity index (χ0v) is 11.5. The SMILES string of the molecule is Cc1c(Cl)ncnc1N(CCO)Cc1ccccc1. The van der Waals surface area contributed by atoms with Crippen LogP contribution in [0.25, 0.3) is 0 Å². The van der Waals surface area contributed by atoms with Crippen molar-refractivity contribution in [3.63, 3.8) is 0 Å². The molecule has 0 aliphatic carbocycles. The van der Waals surface area contributed by atoms with E-state index in [9.17, 15) is 5.11 Å². The summed E-state index contributed by atoms with van der Waals surface area (Å²) in [5.41, 5.74) is 1.98. The van der Waals surface area contributed by atoms with Gasteiger partial charge < -0.3 is 10.0 Å². The second kappa shape index (κ2) is 6.50. The molecule has 1 aromatic carbocycles. The summed E-state index contributed by atoms with van der Waals surface area (Å²) in [5, 5.41) is 9.66. The van der Waals surface area contributed by atoms with E-state index >= 15 is 0 Å². The predicted molar refractivity (Wildman–Crippen MR) is 76.4 cm³/mol. The van der Waals surface area contributed by atoms with Gasteiger partial charge in [0.05, 0.1) is 6.61 Å². The molecular formula is C14H16ClN3O. The first-order chi connectivity index (χ1) is 9.22. The van der Waals surface area contributed by atoms with Gasteiger partial charge in [0.1, 0.15) is 17.3 Å². The van der Waals surface area contributed by atoms with Gasteiger partial charge in [-0.1, -0.05) is 41.9 Å². The number of rotatable bonds is 5. The lowest BCUT2D eigenvalue weighted by Gasteiger charge is -2.24. The Kier molecular flexibility index (Phi) is 4.71. The van der Waals surface area contributed by atoms with Crippen LogP contribution in [0.15, 0.2) is 36.7 Å². The smallest absolute Gasteiger partial charge is 0.137 e. The number of aromatic nitrogens is 2. The average molecular weight is 278 g/mol. The van der Waals surface area contributed by atoms with Crippen molar-refractivity contribution >= 4 is 17.4 Å². The molecule has 0 spiro atoms. The fourth-order valence-electron chi connectivity index (χ4n) is 1.92. The molecule has 1 N–H and O–H groups in total. The monoisotopic (exact) mass is 277 g/mol. The van der Waals surface area contributed by atoms with Crippen molar-refractivity contribution in [2.75, 3.05) is 18.1 Å². The fraction of sp³-hybridized carbons (Fsp3) is 0.286. The summed E-state index contributed by atoms with van der Waals surface area (Å²) in [6.07, 6.45) is 1.44. The molecule has 2 rings (SSSR count). The lowest BCUT2D eigenvalue weighted by molar-refractivity contribution is 0.301. The fourth-order valence-corrected chi connectivity index (χ4v) is 2.05. The van der Waals surface area contributed by atoms with Crippen LogP contribution in [-0.4, -0.2) is 28.2 Å². The molecule has 0 unspecified atom stereocenters. The number of halogens is 1. The highest BCUT2D eigenvalue weighted by Gasteiger charge is 2.13. The minimum absolute atomic E-state index is 0.0634. The molecule has 4 nitrogen and oxygen atoms in total. The largest absolute Gasteiger partial charge is 0.395 e. The summed E-state index contributed by atoms with van der Waals surface area (Å²) in [7, 11) is 0. The van der Waals surface area contributed by atoms with E-state index in [-0.39, 0.29) is 6.61 Å². The molecule has 0 saturated heterocycles. The van der Waals surface area contributed by atoms with Crippen LogP contribution in [0.3, 0.4) is 0 Å². The van der Waals surface area contributed by atoms with Gasteiger partial charge in [-0.3, -0.25) is 0 Å². The Balaban J connectivity index is 2.27. The maximum atomic E-state index is 9.22. The van der Waals surface area contributed by atoms with E-state index in [1.807, 2.05) is 42.2 Å². The summed E-state index contributed by atoms with van der Waals surface area (Å²) in [6.45, 7) is 3.12. The van der Waals surface area contributed by atoms with Crippen LogP contribution in [0.2, 0.25) is 5.15 Å². The Bertz CT molecular complexity index is 533. The van der Waals surface area contributed by atoms with E-state index in [4.69, 9.17) is 11.6 Å². The number of hydrogen-bond donors (Lipinski definition) is 1. The summed E-state index contributed by atoms with van der Waals surface area (Å²) in [5.74, 6) is 0.762. The molecule has 2 aromatic rings. The summed E-state index contributed by atoms with van der Waals surface area (Å²) < 4.78 is 0. The van der Waals surface area contributed by atoms with Crippen LogP contribution in [0.1, 0.15) is 11.1 Å². The minimum atomic E-state index is 0.0634. The van der Waals surface area contributed by atoms with E-state index in [1.54, 1.807) is 0 Å². The van der Waals surface area contributed by atoms with Crippen molar-refractivity contribution in [2.24, 2.45) is 0 Å². The molecule has 0 aliphatic rings. The van der Waals surface area contributed by atoms with Crippen LogP contribution < -0.4 is 4.90 Å². The van der Waals surface area contributed by atoms with Crippen LogP contribution in [0, 0.1) is 6.92 Å². The number of benzene rings is 1. The second-order valence-electron chi connectivity index (χ2n) is 4.24. The molecule has 1 aromatic heterocycles. The Morgan fingerprint density at radius 1 is 1.21 bits per heavy atom. The number of aliphatic hydroxyl groups excluding tert-OH is 1. The summed E-state index contributed by atoms with van der Waals surface area (Å²) in [6, 6.07) is 10.1. The van der Waals surface area contributed by atoms with Crippen molar-refractivity contribution in [3.8, 4) is 0 Å². The van der Waals surface area contributed by atoms with Crippen LogP contribution in [0.5, 0.6) is 0 Å². The molecule has 5 heteroatoms. The first-order valence-electron chi connectivity index (χ1n) is 6.09. The summed E-state index contributed by atoms with van der Waals surface area (Å²) >= 11 is 6.02. The topological polar surface area (TPSA) is 49.2 Å². The van der Waals surface area contributed by atoms with E-state index in [2.05, 4.69) is 9.97 Å². The molecule has 0 saturated carbocycles. The number of hydrogen-bond acceptors (Lipinski definition) is 4. The van der Waals surface area contributed by atoms with Gasteiger partial charge in [0.2, 0.25) is 0 Å². The van der Waals surface area contributed by atoms with Gasteiger partial charge >= 0.3 is 0 Å². The highest BCUT2D eigenvalue weighted by molar-refractivity contribution is 6.30. The van der Waals surface area contributed by atoms with Crippen molar-refractivity contribution < 1.29 is 5.11 Å². The maximum Gasteiger partial charge on any atom is 0.137 e. The average Bonchev–Trinajstić information content (AvgIpc) is 2.43. The Hall–Kier alpha value is -1.65. The van der Waals surface area contributed by atoms with Gasteiger partial charge in [0.15, 0.2) is 0 Å². The zero-order chi connectivity index (χ0) is 13.7. The van der Waals surface area contributed by atoms with Gasteiger partial charge in [-0.15, -0.1) is 0 Å². The van der Waals surface area contributed by atoms with Gasteiger partial charge in [0.25, 0.3) is 0 Å². The second-order valence-corrected chi connectivity index (χ2v) is 4.60. The van der Waals surface area contributed by atoms with E-state index in [0.29, 0.717) is 18.2 Å². The first kappa shape index (κ1) is 13.8. The molecule has 1 heterocycles. The Labute approximate surface area is 117 Å². The highest BCUT2D eigenvalue weighted by atomic mass is 35.5. The van der Waals surface area contributed by atoms with Crippen LogP contribution in [0.4, 0.5) is 5.82 Å². The lowest BCUT2D eigenvalue weighted by Crippen LogP contribution is -2.27. The summed E-state index contributed by atoms with van der Waals surface area (Å²) in [4.78, 5) is 10.2. The Morgan fingerprint density at radius 3 is 2.63 bits per heavy atom. The lowest BCUT2D eigenvalue weighted by atomic mass is 10.2. The molecule has 0 atom stereocenters. The predicted octanol–water partition coefficient (Wildman–Crippen LogP) is 2.44. The van der Waals surface area contributed by atoms with Crippen molar-refractivity contribution in [3.05, 3.63) is 52.9 Å². The van der Waals surface area contributed by atoms with E-state index in [0.717, 1.165) is 16.9 Å². The van der Waals surface area contributed by atoms with E-state index < -0.39 is 0 Å². The highest BCUT2D eigenvalue weighted by Crippen LogP contribution is 2.23. The normalized spacial score (nSPS) is 10.5. The first-order valence-corrected chi connectivity index (χ1v) is 6.47. The van der Waals surface area contributed by atoms with Gasteiger partial charge in [-0.25, -0.2) is 9.97 Å².